The summed E-state index contributed by atoms with van der Waals surface area (Å²) in [5.74, 6) is 0.335. The third-order valence-corrected chi connectivity index (χ3v) is 3.39. The van der Waals surface area contributed by atoms with Crippen molar-refractivity contribution in [2.45, 2.75) is 19.0 Å². The van der Waals surface area contributed by atoms with Gasteiger partial charge in [-0.1, -0.05) is 11.3 Å². The van der Waals surface area contributed by atoms with E-state index >= 15 is 0 Å². The van der Waals surface area contributed by atoms with Crippen LogP contribution in [0.3, 0.4) is 0 Å². The first kappa shape index (κ1) is 12.6. The molecule has 1 saturated heterocycles. The highest BCUT2D eigenvalue weighted by molar-refractivity contribution is 7.15. The molecule has 1 aliphatic rings. The van der Waals surface area contributed by atoms with E-state index in [-0.39, 0.29) is 5.13 Å². The molecule has 0 saturated carbocycles. The van der Waals surface area contributed by atoms with Crippen LogP contribution in [0.4, 0.5) is 18.3 Å². The fourth-order valence-corrected chi connectivity index (χ4v) is 2.23. The Balaban J connectivity index is 1.84. The molecule has 0 aromatic carbocycles. The van der Waals surface area contributed by atoms with Crippen molar-refractivity contribution in [3.63, 3.8) is 0 Å². The Kier molecular flexibility index (Phi) is 3.82. The number of nitrogens with one attached hydrogen (secondary N) is 1. The van der Waals surface area contributed by atoms with Crippen LogP contribution in [0.5, 0.6) is 0 Å². The number of ether oxygens (including phenoxy) is 1. The lowest BCUT2D eigenvalue weighted by molar-refractivity contribution is -0.138. The maximum Gasteiger partial charge on any atom is 0.445 e. The summed E-state index contributed by atoms with van der Waals surface area (Å²) in [5, 5.41) is 8.73. The third-order valence-electron chi connectivity index (χ3n) is 2.46. The van der Waals surface area contributed by atoms with Crippen LogP contribution in [0.15, 0.2) is 0 Å². The van der Waals surface area contributed by atoms with Crippen molar-refractivity contribution in [1.29, 1.82) is 0 Å². The molecule has 1 atom stereocenters. The summed E-state index contributed by atoms with van der Waals surface area (Å²) in [5.41, 5.74) is 0. The molecule has 96 valence electrons. The van der Waals surface area contributed by atoms with E-state index in [1.165, 1.54) is 0 Å². The van der Waals surface area contributed by atoms with E-state index in [9.17, 15) is 13.2 Å². The van der Waals surface area contributed by atoms with Gasteiger partial charge >= 0.3 is 6.18 Å². The predicted molar refractivity (Wildman–Crippen MR) is 56.9 cm³/mol. The van der Waals surface area contributed by atoms with Crippen LogP contribution in [0.25, 0.3) is 0 Å². The number of hydrogen-bond acceptors (Lipinski definition) is 5. The lowest BCUT2D eigenvalue weighted by Crippen LogP contribution is -2.24. The minimum Gasteiger partial charge on any atom is -0.381 e. The second-order valence-electron chi connectivity index (χ2n) is 3.87. The van der Waals surface area contributed by atoms with Crippen molar-refractivity contribution in [1.82, 2.24) is 10.2 Å². The largest absolute Gasteiger partial charge is 0.445 e. The highest BCUT2D eigenvalue weighted by Crippen LogP contribution is 2.33. The minimum absolute atomic E-state index is 0.211. The number of alkyl halides is 3. The first-order valence-electron chi connectivity index (χ1n) is 5.28. The SMILES string of the molecule is FC(F)(F)c1nnc(NCC2CCCOC2)s1. The minimum atomic E-state index is -4.41. The van der Waals surface area contributed by atoms with Crippen molar-refractivity contribution >= 4 is 16.5 Å². The Labute approximate surface area is 100 Å². The van der Waals surface area contributed by atoms with Gasteiger partial charge in [0, 0.05) is 13.2 Å². The molecule has 1 N–H and O–H groups in total. The molecule has 1 unspecified atom stereocenters. The van der Waals surface area contributed by atoms with Crippen LogP contribution in [-0.4, -0.2) is 30.0 Å². The Morgan fingerprint density at radius 1 is 1.41 bits per heavy atom. The fraction of sp³-hybridized carbons (Fsp3) is 0.778. The summed E-state index contributed by atoms with van der Waals surface area (Å²) in [6.07, 6.45) is -2.39. The molecule has 1 aromatic heterocycles. The number of aromatic nitrogens is 2. The van der Waals surface area contributed by atoms with Crippen molar-refractivity contribution in [2.24, 2.45) is 5.92 Å². The fourth-order valence-electron chi connectivity index (χ4n) is 1.61. The van der Waals surface area contributed by atoms with Gasteiger partial charge in [-0.05, 0) is 18.8 Å². The van der Waals surface area contributed by atoms with E-state index < -0.39 is 11.2 Å². The molecule has 0 spiro atoms. The first-order valence-corrected chi connectivity index (χ1v) is 6.09. The van der Waals surface area contributed by atoms with Crippen LogP contribution in [0.1, 0.15) is 17.8 Å². The third kappa shape index (κ3) is 3.53. The van der Waals surface area contributed by atoms with Gasteiger partial charge in [-0.15, -0.1) is 10.2 Å². The zero-order chi connectivity index (χ0) is 12.3. The maximum atomic E-state index is 12.3. The Bertz CT molecular complexity index is 363. The molecule has 0 radical (unpaired) electrons. The molecule has 8 heteroatoms. The Hall–Kier alpha value is -0.890. The zero-order valence-electron chi connectivity index (χ0n) is 8.96. The van der Waals surface area contributed by atoms with Crippen LogP contribution in [0, 0.1) is 5.92 Å². The molecule has 0 aliphatic carbocycles. The number of rotatable bonds is 3. The second kappa shape index (κ2) is 5.18. The van der Waals surface area contributed by atoms with E-state index in [0.29, 0.717) is 30.4 Å². The van der Waals surface area contributed by atoms with E-state index in [4.69, 9.17) is 4.74 Å². The predicted octanol–water partition coefficient (Wildman–Crippen LogP) is 2.40. The van der Waals surface area contributed by atoms with Crippen LogP contribution >= 0.6 is 11.3 Å². The van der Waals surface area contributed by atoms with Gasteiger partial charge in [-0.3, -0.25) is 0 Å². The van der Waals surface area contributed by atoms with Gasteiger partial charge in [0.2, 0.25) is 10.1 Å². The topological polar surface area (TPSA) is 47.0 Å². The van der Waals surface area contributed by atoms with Gasteiger partial charge in [0.15, 0.2) is 0 Å². The quantitative estimate of drug-likeness (QED) is 0.913. The molecular formula is C9H12F3N3OS. The molecular weight excluding hydrogens is 255 g/mol. The average molecular weight is 267 g/mol. The zero-order valence-corrected chi connectivity index (χ0v) is 9.77. The summed E-state index contributed by atoms with van der Waals surface area (Å²) in [6, 6.07) is 0. The summed E-state index contributed by atoms with van der Waals surface area (Å²) >= 11 is 0.529. The molecule has 2 heterocycles. The van der Waals surface area contributed by atoms with Crippen LogP contribution < -0.4 is 5.32 Å². The molecule has 1 fully saturated rings. The normalized spacial score (nSPS) is 21.5. The van der Waals surface area contributed by atoms with Crippen molar-refractivity contribution in [3.05, 3.63) is 5.01 Å². The second-order valence-corrected chi connectivity index (χ2v) is 4.85. The molecule has 4 nitrogen and oxygen atoms in total. The van der Waals surface area contributed by atoms with Gasteiger partial charge in [0.1, 0.15) is 0 Å². The average Bonchev–Trinajstić information content (AvgIpc) is 2.76. The van der Waals surface area contributed by atoms with Gasteiger partial charge in [0.05, 0.1) is 6.61 Å². The Morgan fingerprint density at radius 2 is 2.24 bits per heavy atom. The number of anilines is 1. The summed E-state index contributed by atoms with van der Waals surface area (Å²) in [7, 11) is 0. The van der Waals surface area contributed by atoms with Crippen molar-refractivity contribution in [3.8, 4) is 0 Å². The summed E-state index contributed by atoms with van der Waals surface area (Å²) < 4.78 is 42.0. The van der Waals surface area contributed by atoms with E-state index in [1.807, 2.05) is 0 Å². The van der Waals surface area contributed by atoms with Gasteiger partial charge in [-0.2, -0.15) is 13.2 Å². The van der Waals surface area contributed by atoms with Gasteiger partial charge in [-0.25, -0.2) is 0 Å². The molecule has 17 heavy (non-hydrogen) atoms. The van der Waals surface area contributed by atoms with Crippen molar-refractivity contribution in [2.75, 3.05) is 25.1 Å². The first-order chi connectivity index (χ1) is 8.05. The molecule has 1 aromatic rings. The Morgan fingerprint density at radius 3 is 2.82 bits per heavy atom. The molecule has 0 amide bonds. The highest BCUT2D eigenvalue weighted by Gasteiger charge is 2.35. The number of halogens is 3. The van der Waals surface area contributed by atoms with E-state index in [1.54, 1.807) is 0 Å². The van der Waals surface area contributed by atoms with Crippen molar-refractivity contribution < 1.29 is 17.9 Å². The van der Waals surface area contributed by atoms with Crippen LogP contribution in [0.2, 0.25) is 0 Å². The lowest BCUT2D eigenvalue weighted by atomic mass is 10.0. The standard InChI is InChI=1S/C9H12F3N3OS/c10-9(11,12)7-14-15-8(17-7)13-4-6-2-1-3-16-5-6/h6H,1-5H2,(H,13,15). The molecule has 0 bridgehead atoms. The van der Waals surface area contributed by atoms with Gasteiger partial charge in [0.25, 0.3) is 0 Å². The number of nitrogens with zero attached hydrogens (tertiary/aromatic N) is 2. The monoisotopic (exact) mass is 267 g/mol. The molecule has 2 rings (SSSR count). The smallest absolute Gasteiger partial charge is 0.381 e. The lowest BCUT2D eigenvalue weighted by Gasteiger charge is -2.21. The van der Waals surface area contributed by atoms with Gasteiger partial charge < -0.3 is 10.1 Å². The van der Waals surface area contributed by atoms with Crippen LogP contribution in [-0.2, 0) is 10.9 Å². The molecule has 1 aliphatic heterocycles. The van der Waals surface area contributed by atoms with E-state index in [0.717, 1.165) is 19.4 Å². The summed E-state index contributed by atoms with van der Waals surface area (Å²) in [6.45, 7) is 2.00. The number of hydrogen-bond donors (Lipinski definition) is 1. The van der Waals surface area contributed by atoms with E-state index in [2.05, 4.69) is 15.5 Å². The summed E-state index contributed by atoms with van der Waals surface area (Å²) in [4.78, 5) is 0. The highest BCUT2D eigenvalue weighted by atomic mass is 32.1. The maximum absolute atomic E-state index is 12.3.